The molecule has 0 heterocycles. The normalized spacial score (nSPS) is 13.7. The first-order valence-corrected chi connectivity index (χ1v) is 4.87. The first-order valence-electron chi connectivity index (χ1n) is 4.87. The number of alkyl halides is 1. The smallest absolute Gasteiger partial charge is 0.222 e. The zero-order valence-electron chi connectivity index (χ0n) is 9.00. The summed E-state index contributed by atoms with van der Waals surface area (Å²) in [6, 6.07) is 10.3. The van der Waals surface area contributed by atoms with E-state index in [1.165, 1.54) is 0 Å². The highest BCUT2D eigenvalue weighted by Gasteiger charge is 2.30. The fourth-order valence-corrected chi connectivity index (χ4v) is 1.28. The molecule has 0 bridgehead atoms. The minimum atomic E-state index is -1.90. The van der Waals surface area contributed by atoms with Crippen LogP contribution in [0.3, 0.4) is 0 Å². The first kappa shape index (κ1) is 11.5. The van der Waals surface area contributed by atoms with Gasteiger partial charge in [0.05, 0.1) is 0 Å². The number of rotatable bonds is 3. The van der Waals surface area contributed by atoms with E-state index >= 15 is 0 Å². The molecule has 0 saturated heterocycles. The average Bonchev–Trinajstić information content (AvgIpc) is 2.27. The van der Waals surface area contributed by atoms with Crippen LogP contribution < -0.4 is 0 Å². The Kier molecular flexibility index (Phi) is 3.62. The minimum Gasteiger partial charge on any atom is -0.222 e. The molecule has 1 unspecified atom stereocenters. The molecule has 0 N–H and O–H groups in total. The molecule has 0 aromatic heterocycles. The lowest BCUT2D eigenvalue weighted by atomic mass is 9.93. The summed E-state index contributed by atoms with van der Waals surface area (Å²) in [5.41, 5.74) is -0.466. The first-order chi connectivity index (χ1) is 7.08. The van der Waals surface area contributed by atoms with Gasteiger partial charge in [-0.3, -0.25) is 0 Å². The number of nitrogens with zero attached hydrogens (tertiary/aromatic N) is 1. The Morgan fingerprint density at radius 3 is 2.47 bits per heavy atom. The monoisotopic (exact) mass is 203 g/mol. The highest BCUT2D eigenvalue weighted by molar-refractivity contribution is 5.29. The topological polar surface area (TPSA) is 23.8 Å². The number of hydrogen-bond acceptors (Lipinski definition) is 1. The van der Waals surface area contributed by atoms with Crippen LogP contribution in [0.5, 0.6) is 0 Å². The Balaban J connectivity index is 2.97. The Labute approximate surface area is 89.9 Å². The van der Waals surface area contributed by atoms with Crippen molar-refractivity contribution in [2.75, 3.05) is 0 Å². The number of halogens is 1. The quantitative estimate of drug-likeness (QED) is 0.686. The molecule has 0 amide bonds. The number of allylic oxidation sites excluding steroid dienone is 2. The summed E-state index contributed by atoms with van der Waals surface area (Å²) >= 11 is 0. The lowest BCUT2D eigenvalue weighted by Gasteiger charge is -2.15. The molecule has 1 aromatic carbocycles. The van der Waals surface area contributed by atoms with Crippen molar-refractivity contribution in [2.24, 2.45) is 0 Å². The van der Waals surface area contributed by atoms with Crippen LogP contribution in [0.2, 0.25) is 0 Å². The molecule has 2 heteroatoms. The van der Waals surface area contributed by atoms with Gasteiger partial charge in [-0.2, -0.15) is 5.26 Å². The van der Waals surface area contributed by atoms with E-state index in [0.717, 1.165) is 5.57 Å². The summed E-state index contributed by atoms with van der Waals surface area (Å²) in [5, 5.41) is 8.90. The standard InChI is InChI=1S/C13H14FN/c1-11(2)8-9-13(14,10-15)12-6-4-3-5-7-12/h3-8H,9H2,1-2H3. The molecular formula is C13H14FN. The molecule has 1 atom stereocenters. The second kappa shape index (κ2) is 4.75. The minimum absolute atomic E-state index is 0.107. The molecule has 0 radical (unpaired) electrons. The molecule has 0 aliphatic carbocycles. The van der Waals surface area contributed by atoms with Gasteiger partial charge in [0.15, 0.2) is 0 Å². The van der Waals surface area contributed by atoms with E-state index < -0.39 is 5.67 Å². The fraction of sp³-hybridized carbons (Fsp3) is 0.308. The predicted molar refractivity (Wildman–Crippen MR) is 58.9 cm³/mol. The fourth-order valence-electron chi connectivity index (χ4n) is 1.28. The van der Waals surface area contributed by atoms with E-state index in [1.54, 1.807) is 36.4 Å². The summed E-state index contributed by atoms with van der Waals surface area (Å²) in [7, 11) is 0. The lowest BCUT2D eigenvalue weighted by Crippen LogP contribution is -2.16. The Morgan fingerprint density at radius 1 is 1.40 bits per heavy atom. The van der Waals surface area contributed by atoms with Crippen LogP contribution in [0.1, 0.15) is 25.8 Å². The number of nitriles is 1. The summed E-state index contributed by atoms with van der Waals surface area (Å²) in [6.45, 7) is 3.78. The van der Waals surface area contributed by atoms with Crippen LogP contribution in [0.4, 0.5) is 4.39 Å². The van der Waals surface area contributed by atoms with Gasteiger partial charge < -0.3 is 0 Å². The highest BCUT2D eigenvalue weighted by Crippen LogP contribution is 2.29. The SMILES string of the molecule is CC(C)=CCC(F)(C#N)c1ccccc1. The summed E-state index contributed by atoms with van der Waals surface area (Å²) in [4.78, 5) is 0. The zero-order valence-corrected chi connectivity index (χ0v) is 9.00. The van der Waals surface area contributed by atoms with Crippen molar-refractivity contribution in [3.05, 3.63) is 47.5 Å². The van der Waals surface area contributed by atoms with Crippen LogP contribution in [0.15, 0.2) is 42.0 Å². The van der Waals surface area contributed by atoms with E-state index in [4.69, 9.17) is 5.26 Å². The van der Waals surface area contributed by atoms with Crippen molar-refractivity contribution in [1.82, 2.24) is 0 Å². The molecule has 0 saturated carbocycles. The summed E-state index contributed by atoms with van der Waals surface area (Å²) < 4.78 is 14.2. The van der Waals surface area contributed by atoms with E-state index in [0.29, 0.717) is 5.56 Å². The van der Waals surface area contributed by atoms with Gasteiger partial charge in [-0.15, -0.1) is 0 Å². The maximum absolute atomic E-state index is 14.2. The second-order valence-corrected chi connectivity index (χ2v) is 3.76. The second-order valence-electron chi connectivity index (χ2n) is 3.76. The predicted octanol–water partition coefficient (Wildman–Crippen LogP) is 3.73. The lowest BCUT2D eigenvalue weighted by molar-refractivity contribution is 0.248. The Morgan fingerprint density at radius 2 is 2.00 bits per heavy atom. The van der Waals surface area contributed by atoms with E-state index in [2.05, 4.69) is 0 Å². The molecule has 1 rings (SSSR count). The van der Waals surface area contributed by atoms with Gasteiger partial charge in [-0.25, -0.2) is 4.39 Å². The van der Waals surface area contributed by atoms with Crippen molar-refractivity contribution >= 4 is 0 Å². The third kappa shape index (κ3) is 2.92. The van der Waals surface area contributed by atoms with E-state index in [9.17, 15) is 4.39 Å². The molecule has 78 valence electrons. The summed E-state index contributed by atoms with van der Waals surface area (Å²) in [5.74, 6) is 0. The van der Waals surface area contributed by atoms with Gasteiger partial charge in [0.1, 0.15) is 6.07 Å². The molecule has 0 fully saturated rings. The maximum Gasteiger partial charge on any atom is 0.224 e. The third-order valence-electron chi connectivity index (χ3n) is 2.20. The molecule has 0 aliphatic rings. The summed E-state index contributed by atoms with van der Waals surface area (Å²) in [6.07, 6.45) is 1.85. The van der Waals surface area contributed by atoms with Gasteiger partial charge >= 0.3 is 0 Å². The van der Waals surface area contributed by atoms with Gasteiger partial charge in [0.25, 0.3) is 0 Å². The molecule has 1 nitrogen and oxygen atoms in total. The van der Waals surface area contributed by atoms with Gasteiger partial charge in [0, 0.05) is 12.0 Å². The van der Waals surface area contributed by atoms with Crippen LogP contribution in [-0.4, -0.2) is 0 Å². The van der Waals surface area contributed by atoms with Crippen molar-refractivity contribution in [3.63, 3.8) is 0 Å². The van der Waals surface area contributed by atoms with Crippen LogP contribution in [0, 0.1) is 11.3 Å². The van der Waals surface area contributed by atoms with Crippen LogP contribution >= 0.6 is 0 Å². The number of benzene rings is 1. The van der Waals surface area contributed by atoms with Crippen LogP contribution in [-0.2, 0) is 5.67 Å². The molecule has 0 aliphatic heterocycles. The number of hydrogen-bond donors (Lipinski definition) is 0. The van der Waals surface area contributed by atoms with Gasteiger partial charge in [-0.1, -0.05) is 42.0 Å². The Hall–Kier alpha value is -1.62. The van der Waals surface area contributed by atoms with Gasteiger partial charge in [-0.05, 0) is 13.8 Å². The van der Waals surface area contributed by atoms with Gasteiger partial charge in [0.2, 0.25) is 5.67 Å². The zero-order chi connectivity index (χ0) is 11.3. The van der Waals surface area contributed by atoms with Crippen molar-refractivity contribution < 1.29 is 4.39 Å². The van der Waals surface area contributed by atoms with E-state index in [1.807, 2.05) is 19.9 Å². The molecule has 15 heavy (non-hydrogen) atoms. The van der Waals surface area contributed by atoms with E-state index in [-0.39, 0.29) is 6.42 Å². The Bertz CT molecular complexity index is 385. The largest absolute Gasteiger partial charge is 0.224 e. The van der Waals surface area contributed by atoms with Crippen molar-refractivity contribution in [2.45, 2.75) is 25.9 Å². The molecule has 0 spiro atoms. The van der Waals surface area contributed by atoms with Crippen LogP contribution in [0.25, 0.3) is 0 Å². The third-order valence-corrected chi connectivity index (χ3v) is 2.20. The van der Waals surface area contributed by atoms with Crippen molar-refractivity contribution in [3.8, 4) is 6.07 Å². The highest BCUT2D eigenvalue weighted by atomic mass is 19.1. The molecule has 1 aromatic rings. The maximum atomic E-state index is 14.2. The molecular weight excluding hydrogens is 189 g/mol. The average molecular weight is 203 g/mol. The van der Waals surface area contributed by atoms with Crippen molar-refractivity contribution in [1.29, 1.82) is 5.26 Å².